The molecule has 160 valence electrons. The van der Waals surface area contributed by atoms with Gasteiger partial charge in [0, 0.05) is 37.1 Å². The summed E-state index contributed by atoms with van der Waals surface area (Å²) in [5, 5.41) is 6.65. The van der Waals surface area contributed by atoms with E-state index < -0.39 is 5.82 Å². The summed E-state index contributed by atoms with van der Waals surface area (Å²) >= 11 is 5.80. The Labute approximate surface area is 181 Å². The highest BCUT2D eigenvalue weighted by Crippen LogP contribution is 2.18. The fourth-order valence-electron chi connectivity index (χ4n) is 3.60. The SMILES string of the molecule is O=C1CC(c2ccccc2)NCCCCN(C(=O)c2ccc(Cl)cc2F)CCCN1. The van der Waals surface area contributed by atoms with Gasteiger partial charge in [0.05, 0.1) is 5.56 Å². The molecule has 2 aromatic rings. The number of amides is 2. The first-order valence-corrected chi connectivity index (χ1v) is 10.7. The van der Waals surface area contributed by atoms with Crippen LogP contribution < -0.4 is 10.6 Å². The average molecular weight is 432 g/mol. The van der Waals surface area contributed by atoms with E-state index in [4.69, 9.17) is 11.6 Å². The highest BCUT2D eigenvalue weighted by Gasteiger charge is 2.20. The number of carbonyl (C=O) groups is 2. The van der Waals surface area contributed by atoms with Gasteiger partial charge in [-0.1, -0.05) is 41.9 Å². The number of nitrogens with one attached hydrogen (secondary N) is 2. The van der Waals surface area contributed by atoms with E-state index in [1.54, 1.807) is 4.90 Å². The van der Waals surface area contributed by atoms with Crippen LogP contribution >= 0.6 is 11.6 Å². The first-order chi connectivity index (χ1) is 14.5. The quantitative estimate of drug-likeness (QED) is 0.757. The first-order valence-electron chi connectivity index (χ1n) is 10.3. The molecule has 0 spiro atoms. The Hall–Kier alpha value is -2.44. The van der Waals surface area contributed by atoms with E-state index in [0.717, 1.165) is 31.0 Å². The van der Waals surface area contributed by atoms with Crippen molar-refractivity contribution in [3.8, 4) is 0 Å². The van der Waals surface area contributed by atoms with Gasteiger partial charge in [0.15, 0.2) is 0 Å². The molecule has 30 heavy (non-hydrogen) atoms. The van der Waals surface area contributed by atoms with E-state index >= 15 is 0 Å². The topological polar surface area (TPSA) is 61.4 Å². The van der Waals surface area contributed by atoms with Crippen molar-refractivity contribution in [2.75, 3.05) is 26.2 Å². The molecule has 0 aliphatic carbocycles. The Kier molecular flexibility index (Phi) is 8.22. The normalized spacial score (nSPS) is 19.2. The molecule has 1 aliphatic rings. The van der Waals surface area contributed by atoms with Crippen LogP contribution in [0, 0.1) is 5.82 Å². The lowest BCUT2D eigenvalue weighted by Gasteiger charge is -2.23. The molecule has 2 amide bonds. The third-order valence-electron chi connectivity index (χ3n) is 5.21. The van der Waals surface area contributed by atoms with Gasteiger partial charge in [-0.3, -0.25) is 9.59 Å². The van der Waals surface area contributed by atoms with Gasteiger partial charge in [-0.25, -0.2) is 4.39 Å². The molecule has 1 atom stereocenters. The molecule has 1 heterocycles. The van der Waals surface area contributed by atoms with Crippen molar-refractivity contribution in [3.63, 3.8) is 0 Å². The Balaban J connectivity index is 1.66. The lowest BCUT2D eigenvalue weighted by atomic mass is 10.0. The minimum absolute atomic E-state index is 0.0232. The maximum absolute atomic E-state index is 14.2. The van der Waals surface area contributed by atoms with Crippen LogP contribution in [0.4, 0.5) is 4.39 Å². The van der Waals surface area contributed by atoms with Crippen molar-refractivity contribution in [3.05, 3.63) is 70.5 Å². The van der Waals surface area contributed by atoms with E-state index in [9.17, 15) is 14.0 Å². The van der Waals surface area contributed by atoms with Gasteiger partial charge in [-0.15, -0.1) is 0 Å². The molecule has 0 bridgehead atoms. The molecular formula is C23H27ClFN3O2. The fourth-order valence-corrected chi connectivity index (χ4v) is 3.76. The van der Waals surface area contributed by atoms with Gasteiger partial charge >= 0.3 is 0 Å². The predicted octanol–water partition coefficient (Wildman–Crippen LogP) is 3.94. The van der Waals surface area contributed by atoms with E-state index in [2.05, 4.69) is 10.6 Å². The van der Waals surface area contributed by atoms with Crippen LogP contribution in [0.15, 0.2) is 48.5 Å². The molecule has 7 heteroatoms. The largest absolute Gasteiger partial charge is 0.356 e. The van der Waals surface area contributed by atoms with E-state index in [-0.39, 0.29) is 28.4 Å². The molecule has 1 saturated heterocycles. The van der Waals surface area contributed by atoms with Crippen molar-refractivity contribution in [2.45, 2.75) is 31.7 Å². The summed E-state index contributed by atoms with van der Waals surface area (Å²) in [5.41, 5.74) is 1.10. The third-order valence-corrected chi connectivity index (χ3v) is 5.45. The second-order valence-corrected chi connectivity index (χ2v) is 7.88. The summed E-state index contributed by atoms with van der Waals surface area (Å²) in [6, 6.07) is 14.0. The van der Waals surface area contributed by atoms with Crippen molar-refractivity contribution >= 4 is 23.4 Å². The molecule has 3 rings (SSSR count). The molecule has 0 radical (unpaired) electrons. The van der Waals surface area contributed by atoms with Crippen molar-refractivity contribution in [2.24, 2.45) is 0 Å². The fraction of sp³-hybridized carbons (Fsp3) is 0.391. The Bertz CT molecular complexity index is 863. The lowest BCUT2D eigenvalue weighted by molar-refractivity contribution is -0.121. The predicted molar refractivity (Wildman–Crippen MR) is 116 cm³/mol. The van der Waals surface area contributed by atoms with E-state index in [1.807, 2.05) is 30.3 Å². The van der Waals surface area contributed by atoms with Crippen molar-refractivity contribution < 1.29 is 14.0 Å². The molecular weight excluding hydrogens is 405 g/mol. The van der Waals surface area contributed by atoms with Gasteiger partial charge in [0.25, 0.3) is 5.91 Å². The summed E-state index contributed by atoms with van der Waals surface area (Å²) in [5.74, 6) is -0.992. The monoisotopic (exact) mass is 431 g/mol. The maximum Gasteiger partial charge on any atom is 0.256 e. The molecule has 1 aliphatic heterocycles. The molecule has 1 fully saturated rings. The molecule has 0 aromatic heterocycles. The van der Waals surface area contributed by atoms with Gasteiger partial charge in [-0.05, 0) is 49.6 Å². The smallest absolute Gasteiger partial charge is 0.256 e. The summed E-state index contributed by atoms with van der Waals surface area (Å²) in [6.07, 6.45) is 2.60. The first kappa shape index (κ1) is 22.2. The minimum atomic E-state index is -0.615. The zero-order chi connectivity index (χ0) is 21.3. The highest BCUT2D eigenvalue weighted by atomic mass is 35.5. The van der Waals surface area contributed by atoms with E-state index in [0.29, 0.717) is 32.5 Å². The molecule has 0 saturated carbocycles. The van der Waals surface area contributed by atoms with Crippen LogP contribution in [0.3, 0.4) is 0 Å². The van der Waals surface area contributed by atoms with Crippen LogP contribution in [0.25, 0.3) is 0 Å². The standard InChI is InChI=1S/C23H27ClFN3O2/c24-18-9-10-19(20(25)15-18)23(30)28-13-5-4-11-26-21(17-7-2-1-3-8-17)16-22(29)27-12-6-14-28/h1-3,7-10,15,21,26H,4-6,11-14,16H2,(H,27,29). The lowest BCUT2D eigenvalue weighted by Crippen LogP contribution is -2.35. The number of hydrogen-bond donors (Lipinski definition) is 2. The van der Waals surface area contributed by atoms with E-state index in [1.165, 1.54) is 12.1 Å². The van der Waals surface area contributed by atoms with Crippen LogP contribution in [-0.4, -0.2) is 42.9 Å². The number of carbonyl (C=O) groups excluding carboxylic acids is 2. The second-order valence-electron chi connectivity index (χ2n) is 7.45. The second kappa shape index (κ2) is 11.1. The maximum atomic E-state index is 14.2. The molecule has 2 N–H and O–H groups in total. The zero-order valence-corrected chi connectivity index (χ0v) is 17.6. The van der Waals surface area contributed by atoms with Crippen LogP contribution in [0.2, 0.25) is 5.02 Å². The third kappa shape index (κ3) is 6.28. The van der Waals surface area contributed by atoms with Crippen molar-refractivity contribution in [1.82, 2.24) is 15.5 Å². The summed E-state index contributed by atoms with van der Waals surface area (Å²) in [7, 11) is 0. The van der Waals surface area contributed by atoms with Gasteiger partial charge in [0.2, 0.25) is 5.91 Å². The number of benzene rings is 2. The summed E-state index contributed by atoms with van der Waals surface area (Å²) < 4.78 is 14.2. The average Bonchev–Trinajstić information content (AvgIpc) is 2.75. The Morgan fingerprint density at radius 3 is 2.57 bits per heavy atom. The van der Waals surface area contributed by atoms with Crippen LogP contribution in [0.1, 0.15) is 47.6 Å². The number of hydrogen-bond acceptors (Lipinski definition) is 3. The minimum Gasteiger partial charge on any atom is -0.356 e. The van der Waals surface area contributed by atoms with Crippen molar-refractivity contribution in [1.29, 1.82) is 0 Å². The number of halogens is 2. The number of rotatable bonds is 2. The summed E-state index contributed by atoms with van der Waals surface area (Å²) in [6.45, 7) is 2.18. The Morgan fingerprint density at radius 2 is 1.80 bits per heavy atom. The van der Waals surface area contributed by atoms with Gasteiger partial charge in [-0.2, -0.15) is 0 Å². The van der Waals surface area contributed by atoms with Crippen LogP contribution in [0.5, 0.6) is 0 Å². The number of nitrogens with zero attached hydrogens (tertiary/aromatic N) is 1. The van der Waals surface area contributed by atoms with Gasteiger partial charge < -0.3 is 15.5 Å². The molecule has 5 nitrogen and oxygen atoms in total. The Morgan fingerprint density at radius 1 is 1.03 bits per heavy atom. The van der Waals surface area contributed by atoms with Crippen LogP contribution in [-0.2, 0) is 4.79 Å². The zero-order valence-electron chi connectivity index (χ0n) is 16.9. The summed E-state index contributed by atoms with van der Waals surface area (Å²) in [4.78, 5) is 26.9. The molecule has 1 unspecified atom stereocenters. The highest BCUT2D eigenvalue weighted by molar-refractivity contribution is 6.30. The van der Waals surface area contributed by atoms with Gasteiger partial charge in [0.1, 0.15) is 5.82 Å². The molecule has 2 aromatic carbocycles.